The van der Waals surface area contributed by atoms with Gasteiger partial charge in [-0.15, -0.1) is 0 Å². The molecule has 3 aromatic rings. The second-order valence-electron chi connectivity index (χ2n) is 7.84. The van der Waals surface area contributed by atoms with Gasteiger partial charge in [0.15, 0.2) is 5.65 Å². The van der Waals surface area contributed by atoms with E-state index in [1.807, 2.05) is 12.1 Å². The van der Waals surface area contributed by atoms with Gasteiger partial charge in [0.1, 0.15) is 5.69 Å². The summed E-state index contributed by atoms with van der Waals surface area (Å²) < 4.78 is 2.47. The lowest BCUT2D eigenvalue weighted by Gasteiger charge is -2.48. The topological polar surface area (TPSA) is 69.9 Å². The molecule has 2 atom stereocenters. The Balaban J connectivity index is 1.36. The largest absolute Gasteiger partial charge is 0.389 e. The van der Waals surface area contributed by atoms with Crippen molar-refractivity contribution >= 4 is 39.1 Å². The highest BCUT2D eigenvalue weighted by Gasteiger charge is 2.45. The molecule has 0 aliphatic carbocycles. The zero-order valence-electron chi connectivity index (χ0n) is 15.6. The van der Waals surface area contributed by atoms with E-state index in [0.717, 1.165) is 17.4 Å². The normalized spacial score (nSPS) is 24.1. The summed E-state index contributed by atoms with van der Waals surface area (Å²) in [5.74, 6) is -0.179. The summed E-state index contributed by atoms with van der Waals surface area (Å²) in [5.41, 5.74) is 3.14. The predicted molar refractivity (Wildman–Crippen MR) is 114 cm³/mol. The number of amides is 1. The standard InChI is InChI=1S/C21H20BrClN4O2/c22-16-7-15(23)10-27-11-17(25-19(16)27)20(29)26-6-5-21(18(28)12-26)8-13-3-1-2-4-14(13)9-24-21/h1-4,7,10-11,18,24,28H,5-6,8-9,12H2/t18-,21+/m1/s1. The molecule has 1 fully saturated rings. The number of piperidine rings is 1. The Morgan fingerprint density at radius 2 is 2.10 bits per heavy atom. The minimum atomic E-state index is -0.647. The number of β-amino-alcohol motifs (C(OH)–C–C–N with tert-alkyl or cyclic N) is 1. The molecule has 150 valence electrons. The number of imidazole rings is 1. The molecule has 2 aliphatic rings. The van der Waals surface area contributed by atoms with Crippen molar-refractivity contribution in [1.29, 1.82) is 0 Å². The number of aliphatic hydroxyl groups is 1. The first-order valence-electron chi connectivity index (χ1n) is 9.58. The third-order valence-electron chi connectivity index (χ3n) is 6.09. The van der Waals surface area contributed by atoms with E-state index in [2.05, 4.69) is 38.4 Å². The number of hydrogen-bond donors (Lipinski definition) is 2. The van der Waals surface area contributed by atoms with E-state index >= 15 is 0 Å². The summed E-state index contributed by atoms with van der Waals surface area (Å²) in [6.07, 6.45) is 4.21. The van der Waals surface area contributed by atoms with Crippen LogP contribution in [0.25, 0.3) is 5.65 Å². The van der Waals surface area contributed by atoms with E-state index in [4.69, 9.17) is 11.6 Å². The fourth-order valence-electron chi connectivity index (χ4n) is 4.44. The van der Waals surface area contributed by atoms with E-state index in [0.29, 0.717) is 29.3 Å². The number of rotatable bonds is 1. The summed E-state index contributed by atoms with van der Waals surface area (Å²) in [4.78, 5) is 19.2. The van der Waals surface area contributed by atoms with Gasteiger partial charge >= 0.3 is 0 Å². The van der Waals surface area contributed by atoms with Gasteiger partial charge in [0.25, 0.3) is 5.91 Å². The number of pyridine rings is 1. The summed E-state index contributed by atoms with van der Waals surface area (Å²) >= 11 is 9.52. The van der Waals surface area contributed by atoms with Crippen LogP contribution in [0.4, 0.5) is 0 Å². The maximum absolute atomic E-state index is 13.1. The Labute approximate surface area is 181 Å². The molecule has 1 amide bonds. The second kappa shape index (κ2) is 7.09. The van der Waals surface area contributed by atoms with Crippen molar-refractivity contribution in [2.45, 2.75) is 31.0 Å². The number of nitrogens with zero attached hydrogens (tertiary/aromatic N) is 3. The minimum Gasteiger partial charge on any atom is -0.389 e. The van der Waals surface area contributed by atoms with Gasteiger partial charge in [-0.25, -0.2) is 4.98 Å². The Bertz CT molecular complexity index is 1120. The highest BCUT2D eigenvalue weighted by Crippen LogP contribution is 2.32. The number of carbonyl (C=O) groups is 1. The molecule has 2 aromatic heterocycles. The van der Waals surface area contributed by atoms with Crippen molar-refractivity contribution in [3.63, 3.8) is 0 Å². The average Bonchev–Trinajstić information content (AvgIpc) is 3.14. The predicted octanol–water partition coefficient (Wildman–Crippen LogP) is 3.04. The van der Waals surface area contributed by atoms with Gasteiger partial charge in [0.05, 0.1) is 21.1 Å². The number of fused-ring (bicyclic) bond motifs is 2. The molecule has 4 heterocycles. The van der Waals surface area contributed by atoms with Gasteiger partial charge in [-0.05, 0) is 46.0 Å². The van der Waals surface area contributed by atoms with Crippen molar-refractivity contribution in [3.8, 4) is 0 Å². The summed E-state index contributed by atoms with van der Waals surface area (Å²) in [7, 11) is 0. The van der Waals surface area contributed by atoms with Crippen LogP contribution < -0.4 is 5.32 Å². The molecule has 1 spiro atoms. The zero-order valence-corrected chi connectivity index (χ0v) is 17.9. The van der Waals surface area contributed by atoms with E-state index in [1.54, 1.807) is 27.8 Å². The Kier molecular flexibility index (Phi) is 4.66. The van der Waals surface area contributed by atoms with Gasteiger partial charge in [0, 0.05) is 32.0 Å². The number of carbonyl (C=O) groups excluding carboxylic acids is 1. The minimum absolute atomic E-state index is 0.179. The highest BCUT2D eigenvalue weighted by atomic mass is 79.9. The summed E-state index contributed by atoms with van der Waals surface area (Å²) in [6, 6.07) is 10.1. The highest BCUT2D eigenvalue weighted by molar-refractivity contribution is 9.10. The molecule has 1 saturated heterocycles. The fourth-order valence-corrected chi connectivity index (χ4v) is 5.32. The van der Waals surface area contributed by atoms with Crippen LogP contribution in [0.1, 0.15) is 28.0 Å². The summed E-state index contributed by atoms with van der Waals surface area (Å²) in [6.45, 7) is 1.59. The van der Waals surface area contributed by atoms with E-state index in [-0.39, 0.29) is 18.0 Å². The second-order valence-corrected chi connectivity index (χ2v) is 9.13. The molecule has 8 heteroatoms. The van der Waals surface area contributed by atoms with Crippen LogP contribution >= 0.6 is 27.5 Å². The van der Waals surface area contributed by atoms with Crippen LogP contribution in [0.15, 0.2) is 47.2 Å². The van der Waals surface area contributed by atoms with Crippen LogP contribution in [0.5, 0.6) is 0 Å². The number of aromatic nitrogens is 2. The molecule has 0 bridgehead atoms. The zero-order chi connectivity index (χ0) is 20.2. The van der Waals surface area contributed by atoms with E-state index in [1.165, 1.54) is 11.1 Å². The van der Waals surface area contributed by atoms with Crippen molar-refractivity contribution < 1.29 is 9.90 Å². The number of likely N-dealkylation sites (tertiary alicyclic amines) is 1. The lowest BCUT2D eigenvalue weighted by molar-refractivity contribution is -0.0140. The number of nitrogens with one attached hydrogen (secondary N) is 1. The molecule has 0 radical (unpaired) electrons. The molecule has 2 aliphatic heterocycles. The Hall–Kier alpha value is -1.93. The molecule has 0 unspecified atom stereocenters. The number of halogens is 2. The van der Waals surface area contributed by atoms with E-state index < -0.39 is 6.10 Å². The molecule has 29 heavy (non-hydrogen) atoms. The van der Waals surface area contributed by atoms with Gasteiger partial charge in [-0.3, -0.25) is 4.79 Å². The van der Waals surface area contributed by atoms with Crippen LogP contribution in [0.2, 0.25) is 5.02 Å². The molecule has 1 aromatic carbocycles. The van der Waals surface area contributed by atoms with Crippen LogP contribution in [0.3, 0.4) is 0 Å². The lowest BCUT2D eigenvalue weighted by Crippen LogP contribution is -2.65. The van der Waals surface area contributed by atoms with E-state index in [9.17, 15) is 9.90 Å². The maximum Gasteiger partial charge on any atom is 0.274 e. The van der Waals surface area contributed by atoms with Gasteiger partial charge in [-0.1, -0.05) is 35.9 Å². The Morgan fingerprint density at radius 3 is 2.90 bits per heavy atom. The third kappa shape index (κ3) is 3.26. The number of aliphatic hydroxyl groups excluding tert-OH is 1. The number of benzene rings is 1. The molecule has 0 saturated carbocycles. The smallest absolute Gasteiger partial charge is 0.274 e. The first kappa shape index (κ1) is 19.1. The maximum atomic E-state index is 13.1. The quantitative estimate of drug-likeness (QED) is 0.568. The van der Waals surface area contributed by atoms with Gasteiger partial charge in [0.2, 0.25) is 0 Å². The average molecular weight is 476 g/mol. The molecule has 2 N–H and O–H groups in total. The van der Waals surface area contributed by atoms with Crippen molar-refractivity contribution in [2.24, 2.45) is 0 Å². The first-order valence-corrected chi connectivity index (χ1v) is 10.8. The Morgan fingerprint density at radius 1 is 1.31 bits per heavy atom. The molecule has 5 rings (SSSR count). The third-order valence-corrected chi connectivity index (χ3v) is 6.88. The van der Waals surface area contributed by atoms with Crippen molar-refractivity contribution in [1.82, 2.24) is 19.6 Å². The fraction of sp³-hybridized carbons (Fsp3) is 0.333. The monoisotopic (exact) mass is 474 g/mol. The first-order chi connectivity index (χ1) is 13.9. The van der Waals surface area contributed by atoms with Crippen LogP contribution in [0, 0.1) is 0 Å². The van der Waals surface area contributed by atoms with Crippen LogP contribution in [-0.2, 0) is 13.0 Å². The molecule has 6 nitrogen and oxygen atoms in total. The van der Waals surface area contributed by atoms with Crippen LogP contribution in [-0.4, -0.2) is 50.0 Å². The summed E-state index contributed by atoms with van der Waals surface area (Å²) in [5, 5.41) is 15.1. The van der Waals surface area contributed by atoms with Gasteiger partial charge < -0.3 is 19.7 Å². The molecular weight excluding hydrogens is 456 g/mol. The number of hydrogen-bond acceptors (Lipinski definition) is 4. The van der Waals surface area contributed by atoms with Gasteiger partial charge in [-0.2, -0.15) is 0 Å². The van der Waals surface area contributed by atoms with Crippen molar-refractivity contribution in [2.75, 3.05) is 13.1 Å². The van der Waals surface area contributed by atoms with Crippen molar-refractivity contribution in [3.05, 3.63) is 69.0 Å². The SMILES string of the molecule is O=C(c1cn2cc(Cl)cc(Br)c2n1)N1CC[C@]2(Cc3ccccc3CN2)[C@H](O)C1. The molecular formula is C21H20BrClN4O2. The lowest BCUT2D eigenvalue weighted by atomic mass is 9.76.